The third kappa shape index (κ3) is 2.95. The molecule has 1 fully saturated rings. The quantitative estimate of drug-likeness (QED) is 0.829. The summed E-state index contributed by atoms with van der Waals surface area (Å²) in [6.07, 6.45) is 7.63. The van der Waals surface area contributed by atoms with E-state index in [2.05, 4.69) is 31.0 Å². The lowest BCUT2D eigenvalue weighted by atomic mass is 9.72. The third-order valence-electron chi connectivity index (χ3n) is 4.88. The summed E-state index contributed by atoms with van der Waals surface area (Å²) in [5.74, 6) is 1.04. The molecule has 0 saturated heterocycles. The van der Waals surface area contributed by atoms with Crippen molar-refractivity contribution in [3.8, 4) is 0 Å². The van der Waals surface area contributed by atoms with Crippen LogP contribution in [-0.4, -0.2) is 40.1 Å². The van der Waals surface area contributed by atoms with Gasteiger partial charge in [-0.05, 0) is 45.3 Å². The Morgan fingerprint density at radius 2 is 2.30 bits per heavy atom. The molecule has 0 aliphatic heterocycles. The summed E-state index contributed by atoms with van der Waals surface area (Å²) in [6.45, 7) is 2.27. The van der Waals surface area contributed by atoms with Crippen LogP contribution in [0.3, 0.4) is 0 Å². The Hall–Kier alpha value is -1.16. The molecule has 0 bridgehead atoms. The van der Waals surface area contributed by atoms with Gasteiger partial charge in [0.15, 0.2) is 5.78 Å². The summed E-state index contributed by atoms with van der Waals surface area (Å²) < 4.78 is 1.86. The number of carbonyl (C=O) groups excluding carboxylic acids is 1. The Labute approximate surface area is 122 Å². The molecule has 2 unspecified atom stereocenters. The zero-order chi connectivity index (χ0) is 14.8. The van der Waals surface area contributed by atoms with Gasteiger partial charge in [-0.25, -0.2) is 0 Å². The largest absolute Gasteiger partial charge is 0.298 e. The van der Waals surface area contributed by atoms with E-state index in [1.165, 1.54) is 6.42 Å². The predicted molar refractivity (Wildman–Crippen MR) is 80.6 cm³/mol. The normalized spacial score (nSPS) is 26.9. The highest BCUT2D eigenvalue weighted by atomic mass is 16.1. The van der Waals surface area contributed by atoms with E-state index in [1.54, 1.807) is 6.20 Å². The number of aromatic nitrogens is 2. The Bertz CT molecular complexity index is 466. The van der Waals surface area contributed by atoms with Crippen LogP contribution in [0.1, 0.15) is 44.7 Å². The number of carbonyl (C=O) groups is 1. The summed E-state index contributed by atoms with van der Waals surface area (Å²) in [5.41, 5.74) is 0.895. The van der Waals surface area contributed by atoms with Crippen LogP contribution in [0, 0.1) is 5.92 Å². The Kier molecular flexibility index (Phi) is 4.63. The van der Waals surface area contributed by atoms with Crippen LogP contribution in [0.15, 0.2) is 12.3 Å². The van der Waals surface area contributed by atoms with Gasteiger partial charge in [0, 0.05) is 25.4 Å². The minimum Gasteiger partial charge on any atom is -0.298 e. The fraction of sp³-hybridized carbons (Fsp3) is 0.750. The molecule has 1 aliphatic carbocycles. The molecule has 0 spiro atoms. The zero-order valence-electron chi connectivity index (χ0n) is 13.2. The Balaban J connectivity index is 2.06. The van der Waals surface area contributed by atoms with Crippen LogP contribution in [0.5, 0.6) is 0 Å². The molecular weight excluding hydrogens is 250 g/mol. The zero-order valence-corrected chi connectivity index (χ0v) is 13.2. The van der Waals surface area contributed by atoms with Crippen LogP contribution >= 0.6 is 0 Å². The number of hydrogen-bond donors (Lipinski definition) is 0. The first-order valence-electron chi connectivity index (χ1n) is 7.63. The van der Waals surface area contributed by atoms with Crippen molar-refractivity contribution in [2.24, 2.45) is 13.0 Å². The molecule has 112 valence electrons. The highest BCUT2D eigenvalue weighted by molar-refractivity contribution is 5.88. The molecule has 1 heterocycles. The number of hydrogen-bond acceptors (Lipinski definition) is 3. The summed E-state index contributed by atoms with van der Waals surface area (Å²) in [7, 11) is 6.05. The van der Waals surface area contributed by atoms with Crippen LogP contribution < -0.4 is 0 Å². The first-order valence-corrected chi connectivity index (χ1v) is 7.63. The van der Waals surface area contributed by atoms with Crippen molar-refractivity contribution in [1.29, 1.82) is 0 Å². The van der Waals surface area contributed by atoms with Gasteiger partial charge in [0.25, 0.3) is 0 Å². The fourth-order valence-corrected chi connectivity index (χ4v) is 3.55. The van der Waals surface area contributed by atoms with Crippen LogP contribution in [0.4, 0.5) is 0 Å². The molecule has 1 aromatic rings. The average Bonchev–Trinajstić information content (AvgIpc) is 2.81. The lowest BCUT2D eigenvalue weighted by molar-refractivity contribution is -0.132. The molecule has 4 nitrogen and oxygen atoms in total. The Morgan fingerprint density at radius 1 is 1.55 bits per heavy atom. The monoisotopic (exact) mass is 277 g/mol. The SMILES string of the molecule is CC1CCCC(C(=O)CCc2ccnn2C)(N(C)C)C1. The summed E-state index contributed by atoms with van der Waals surface area (Å²) in [4.78, 5) is 15.0. The number of rotatable bonds is 5. The van der Waals surface area contributed by atoms with E-state index in [0.717, 1.165) is 31.4 Å². The molecule has 2 rings (SSSR count). The summed E-state index contributed by atoms with van der Waals surface area (Å²) >= 11 is 0. The molecule has 2 atom stereocenters. The first kappa shape index (κ1) is 15.2. The predicted octanol–water partition coefficient (Wildman–Crippen LogP) is 2.43. The highest BCUT2D eigenvalue weighted by Gasteiger charge is 2.42. The highest BCUT2D eigenvalue weighted by Crippen LogP contribution is 2.37. The van der Waals surface area contributed by atoms with Gasteiger partial charge in [-0.2, -0.15) is 5.10 Å². The molecule has 0 N–H and O–H groups in total. The van der Waals surface area contributed by atoms with Crippen molar-refractivity contribution in [2.45, 2.75) is 51.0 Å². The second-order valence-corrected chi connectivity index (χ2v) is 6.50. The summed E-state index contributed by atoms with van der Waals surface area (Å²) in [6, 6.07) is 2.00. The molecular formula is C16H27N3O. The minimum atomic E-state index is -0.240. The molecule has 1 saturated carbocycles. The molecule has 0 radical (unpaired) electrons. The second-order valence-electron chi connectivity index (χ2n) is 6.50. The van der Waals surface area contributed by atoms with E-state index in [1.807, 2.05) is 17.8 Å². The lowest BCUT2D eigenvalue weighted by Crippen LogP contribution is -2.53. The molecule has 1 aliphatic rings. The van der Waals surface area contributed by atoms with Crippen molar-refractivity contribution in [3.63, 3.8) is 0 Å². The second kappa shape index (κ2) is 6.08. The number of likely N-dealkylation sites (N-methyl/N-ethyl adjacent to an activating group) is 1. The van der Waals surface area contributed by atoms with Crippen molar-refractivity contribution < 1.29 is 4.79 Å². The topological polar surface area (TPSA) is 38.1 Å². The summed E-state index contributed by atoms with van der Waals surface area (Å²) in [5, 5.41) is 4.17. The maximum atomic E-state index is 12.8. The number of nitrogens with zero attached hydrogens (tertiary/aromatic N) is 3. The smallest absolute Gasteiger partial charge is 0.153 e. The van der Waals surface area contributed by atoms with Gasteiger partial charge in [-0.1, -0.05) is 19.8 Å². The van der Waals surface area contributed by atoms with Crippen molar-refractivity contribution in [1.82, 2.24) is 14.7 Å². The minimum absolute atomic E-state index is 0.240. The molecule has 0 amide bonds. The third-order valence-corrected chi connectivity index (χ3v) is 4.88. The van der Waals surface area contributed by atoms with Crippen LogP contribution in [-0.2, 0) is 18.3 Å². The van der Waals surface area contributed by atoms with Gasteiger partial charge in [0.05, 0.1) is 5.54 Å². The Morgan fingerprint density at radius 3 is 2.85 bits per heavy atom. The molecule has 4 heteroatoms. The van der Waals surface area contributed by atoms with E-state index >= 15 is 0 Å². The van der Waals surface area contributed by atoms with E-state index in [0.29, 0.717) is 18.1 Å². The standard InChI is InChI=1S/C16H27N3O/c1-13-6-5-10-16(12-13,18(2)3)15(20)8-7-14-9-11-17-19(14)4/h9,11,13H,5-8,10,12H2,1-4H3. The molecule has 20 heavy (non-hydrogen) atoms. The van der Waals surface area contributed by atoms with Gasteiger partial charge in [-0.3, -0.25) is 14.4 Å². The average molecular weight is 277 g/mol. The fourth-order valence-electron chi connectivity index (χ4n) is 3.55. The van der Waals surface area contributed by atoms with Crippen LogP contribution in [0.25, 0.3) is 0 Å². The first-order chi connectivity index (χ1) is 9.45. The number of aryl methyl sites for hydroxylation is 2. The lowest BCUT2D eigenvalue weighted by Gasteiger charge is -2.44. The van der Waals surface area contributed by atoms with Crippen molar-refractivity contribution >= 4 is 5.78 Å². The van der Waals surface area contributed by atoms with E-state index < -0.39 is 0 Å². The van der Waals surface area contributed by atoms with E-state index in [4.69, 9.17) is 0 Å². The van der Waals surface area contributed by atoms with Gasteiger partial charge in [0.2, 0.25) is 0 Å². The maximum Gasteiger partial charge on any atom is 0.153 e. The van der Waals surface area contributed by atoms with E-state index in [-0.39, 0.29) is 5.54 Å². The van der Waals surface area contributed by atoms with Crippen LogP contribution in [0.2, 0.25) is 0 Å². The van der Waals surface area contributed by atoms with Gasteiger partial charge in [0.1, 0.15) is 0 Å². The molecule has 1 aromatic heterocycles. The van der Waals surface area contributed by atoms with Gasteiger partial charge < -0.3 is 0 Å². The van der Waals surface area contributed by atoms with Crippen molar-refractivity contribution in [3.05, 3.63) is 18.0 Å². The number of ketones is 1. The maximum absolute atomic E-state index is 12.8. The number of Topliss-reactive ketones (excluding diaryl/α,β-unsaturated/α-hetero) is 1. The van der Waals surface area contributed by atoms with E-state index in [9.17, 15) is 4.79 Å². The van der Waals surface area contributed by atoms with Crippen molar-refractivity contribution in [2.75, 3.05) is 14.1 Å². The molecule has 0 aromatic carbocycles. The van der Waals surface area contributed by atoms with Gasteiger partial charge in [-0.15, -0.1) is 0 Å². The van der Waals surface area contributed by atoms with Gasteiger partial charge >= 0.3 is 0 Å².